The number of carbonyl (C=O) groups excluding carboxylic acids is 1. The SMILES string of the molecule is CCCCCCCCCC/C=C/CC/C=C/CC/C=C/C(O)C(COC1OC(CO)C(O)C(O)C1O)NC(=O)CCCCCCCCCCCCCCCCCCCCCCCCCCCCCCCCCCCCCCCCCCC. The van der Waals surface area contributed by atoms with Crippen molar-refractivity contribution in [2.75, 3.05) is 13.2 Å². The number of aliphatic hydroxyl groups is 5. The van der Waals surface area contributed by atoms with Gasteiger partial charge < -0.3 is 40.3 Å². The first-order valence-corrected chi connectivity index (χ1v) is 36.2. The Balaban J connectivity index is 2.03. The summed E-state index contributed by atoms with van der Waals surface area (Å²) in [5.41, 5.74) is 0. The van der Waals surface area contributed by atoms with Crippen LogP contribution in [0, 0.1) is 0 Å². The topological polar surface area (TPSA) is 149 Å². The highest BCUT2D eigenvalue weighted by molar-refractivity contribution is 5.76. The number of carbonyl (C=O) groups is 1. The van der Waals surface area contributed by atoms with Crippen LogP contribution in [-0.2, 0) is 14.3 Å². The van der Waals surface area contributed by atoms with Crippen molar-refractivity contribution < 1.29 is 39.8 Å². The quantitative estimate of drug-likeness (QED) is 0.0261. The first kappa shape index (κ1) is 78.4. The van der Waals surface area contributed by atoms with Crippen LogP contribution < -0.4 is 5.32 Å². The van der Waals surface area contributed by atoms with Gasteiger partial charge in [-0.25, -0.2) is 0 Å². The Morgan fingerprint density at radius 3 is 1.02 bits per heavy atom. The Morgan fingerprint density at radius 1 is 0.402 bits per heavy atom. The molecule has 0 spiro atoms. The molecular formula is C73H139NO8. The molecule has 0 bridgehead atoms. The molecule has 1 fully saturated rings. The Hall–Kier alpha value is -1.59. The number of ether oxygens (including phenoxy) is 2. The smallest absolute Gasteiger partial charge is 0.220 e. The molecule has 0 saturated carbocycles. The van der Waals surface area contributed by atoms with Gasteiger partial charge in [-0.3, -0.25) is 4.79 Å². The number of hydrogen-bond donors (Lipinski definition) is 6. The van der Waals surface area contributed by atoms with E-state index >= 15 is 0 Å². The van der Waals surface area contributed by atoms with Crippen LogP contribution >= 0.6 is 0 Å². The lowest BCUT2D eigenvalue weighted by molar-refractivity contribution is -0.302. The molecule has 1 amide bonds. The summed E-state index contributed by atoms with van der Waals surface area (Å²) in [5, 5.41) is 54.6. The predicted molar refractivity (Wildman–Crippen MR) is 350 cm³/mol. The summed E-state index contributed by atoms with van der Waals surface area (Å²) in [6.07, 6.45) is 77.2. The average Bonchev–Trinajstić information content (AvgIpc) is 3.52. The maximum atomic E-state index is 13.1. The molecular weight excluding hydrogens is 1020 g/mol. The largest absolute Gasteiger partial charge is 0.394 e. The molecule has 0 radical (unpaired) electrons. The second-order valence-electron chi connectivity index (χ2n) is 25.4. The van der Waals surface area contributed by atoms with Gasteiger partial charge in [0.05, 0.1) is 25.4 Å². The number of hydrogen-bond acceptors (Lipinski definition) is 8. The minimum absolute atomic E-state index is 0.184. The molecule has 1 aliphatic rings. The summed E-state index contributed by atoms with van der Waals surface area (Å²) in [6.45, 7) is 3.80. The summed E-state index contributed by atoms with van der Waals surface area (Å²) in [6, 6.07) is -0.827. The van der Waals surface area contributed by atoms with E-state index < -0.39 is 49.5 Å². The fourth-order valence-electron chi connectivity index (χ4n) is 11.8. The Bertz CT molecular complexity index is 1390. The molecule has 1 saturated heterocycles. The van der Waals surface area contributed by atoms with E-state index in [1.807, 2.05) is 6.08 Å². The van der Waals surface area contributed by atoms with Gasteiger partial charge in [-0.15, -0.1) is 0 Å². The lowest BCUT2D eigenvalue weighted by Crippen LogP contribution is -2.60. The van der Waals surface area contributed by atoms with Crippen molar-refractivity contribution in [3.05, 3.63) is 36.5 Å². The molecule has 1 heterocycles. The van der Waals surface area contributed by atoms with Gasteiger partial charge in [-0.1, -0.05) is 352 Å². The number of allylic oxidation sites excluding steroid dienone is 5. The molecule has 9 nitrogen and oxygen atoms in total. The first-order chi connectivity index (χ1) is 40.3. The zero-order valence-corrected chi connectivity index (χ0v) is 54.3. The van der Waals surface area contributed by atoms with Crippen molar-refractivity contribution in [2.24, 2.45) is 0 Å². The van der Waals surface area contributed by atoms with Crippen LogP contribution in [0.25, 0.3) is 0 Å². The zero-order valence-electron chi connectivity index (χ0n) is 54.3. The van der Waals surface area contributed by atoms with Crippen LogP contribution in [0.4, 0.5) is 0 Å². The van der Waals surface area contributed by atoms with Crippen molar-refractivity contribution in [2.45, 2.75) is 410 Å². The van der Waals surface area contributed by atoms with Gasteiger partial charge in [0, 0.05) is 6.42 Å². The second kappa shape index (κ2) is 62.5. The molecule has 6 N–H and O–H groups in total. The van der Waals surface area contributed by atoms with Crippen LogP contribution in [0.3, 0.4) is 0 Å². The zero-order chi connectivity index (χ0) is 59.3. The van der Waals surface area contributed by atoms with E-state index in [1.54, 1.807) is 6.08 Å². The average molecular weight is 1160 g/mol. The van der Waals surface area contributed by atoms with Gasteiger partial charge in [-0.2, -0.15) is 0 Å². The molecule has 0 aromatic carbocycles. The van der Waals surface area contributed by atoms with E-state index in [4.69, 9.17) is 9.47 Å². The van der Waals surface area contributed by atoms with Gasteiger partial charge in [0.25, 0.3) is 0 Å². The Labute approximate surface area is 508 Å². The number of unbranched alkanes of at least 4 members (excludes halogenated alkanes) is 50. The standard InChI is InChI=1S/C73H139NO8/c1-3-5-7-9-11-13-15-17-19-21-23-24-25-26-27-28-29-30-31-32-33-34-35-36-37-38-39-40-41-42-43-44-45-47-49-51-53-55-57-59-61-63-69(77)74-66(65-81-73-72(80)71(79)70(78)68(64-75)82-73)67(76)62-60-58-56-54-52-50-48-46-22-20-18-16-14-12-10-8-6-4-2/h22,46,52,54,60,62,66-68,70-73,75-76,78-80H,3-21,23-45,47-51,53,55-59,61,63-65H2,1-2H3,(H,74,77)/b46-22+,54-52+,62-60+. The van der Waals surface area contributed by atoms with E-state index in [2.05, 4.69) is 43.5 Å². The fraction of sp³-hybridized carbons (Fsp3) is 0.904. The van der Waals surface area contributed by atoms with Gasteiger partial charge in [0.15, 0.2) is 6.29 Å². The van der Waals surface area contributed by atoms with Crippen molar-refractivity contribution in [3.63, 3.8) is 0 Å². The maximum absolute atomic E-state index is 13.1. The normalized spacial score (nSPS) is 18.5. The minimum Gasteiger partial charge on any atom is -0.394 e. The van der Waals surface area contributed by atoms with E-state index in [-0.39, 0.29) is 12.5 Å². The molecule has 0 aromatic heterocycles. The van der Waals surface area contributed by atoms with Crippen LogP contribution in [0.1, 0.15) is 367 Å². The highest BCUT2D eigenvalue weighted by Crippen LogP contribution is 2.24. The summed E-state index contributed by atoms with van der Waals surface area (Å²) < 4.78 is 11.3. The fourth-order valence-corrected chi connectivity index (χ4v) is 11.8. The third-order valence-corrected chi connectivity index (χ3v) is 17.4. The van der Waals surface area contributed by atoms with Crippen LogP contribution in [0.2, 0.25) is 0 Å². The number of nitrogens with one attached hydrogen (secondary N) is 1. The minimum atomic E-state index is -1.57. The molecule has 7 unspecified atom stereocenters. The van der Waals surface area contributed by atoms with E-state index in [0.29, 0.717) is 6.42 Å². The van der Waals surface area contributed by atoms with Gasteiger partial charge in [0.1, 0.15) is 24.4 Å². The molecule has 1 rings (SSSR count). The number of aliphatic hydroxyl groups excluding tert-OH is 5. The maximum Gasteiger partial charge on any atom is 0.220 e. The molecule has 82 heavy (non-hydrogen) atoms. The van der Waals surface area contributed by atoms with Gasteiger partial charge in [-0.05, 0) is 44.9 Å². The van der Waals surface area contributed by atoms with Crippen molar-refractivity contribution in [3.8, 4) is 0 Å². The van der Waals surface area contributed by atoms with Crippen molar-refractivity contribution in [1.82, 2.24) is 5.32 Å². The number of rotatable bonds is 64. The monoisotopic (exact) mass is 1160 g/mol. The van der Waals surface area contributed by atoms with Crippen LogP contribution in [-0.4, -0.2) is 87.5 Å². The Morgan fingerprint density at radius 2 is 0.695 bits per heavy atom. The summed E-state index contributed by atoms with van der Waals surface area (Å²) in [7, 11) is 0. The third-order valence-electron chi connectivity index (χ3n) is 17.4. The molecule has 7 atom stereocenters. The highest BCUT2D eigenvalue weighted by Gasteiger charge is 2.44. The van der Waals surface area contributed by atoms with Gasteiger partial charge >= 0.3 is 0 Å². The van der Waals surface area contributed by atoms with Crippen molar-refractivity contribution in [1.29, 1.82) is 0 Å². The van der Waals surface area contributed by atoms with Crippen LogP contribution in [0.15, 0.2) is 36.5 Å². The summed E-state index contributed by atoms with van der Waals surface area (Å²) in [4.78, 5) is 13.1. The first-order valence-electron chi connectivity index (χ1n) is 36.2. The molecule has 0 aromatic rings. The van der Waals surface area contributed by atoms with Crippen LogP contribution in [0.5, 0.6) is 0 Å². The summed E-state index contributed by atoms with van der Waals surface area (Å²) >= 11 is 0. The van der Waals surface area contributed by atoms with E-state index in [9.17, 15) is 30.3 Å². The molecule has 0 aliphatic carbocycles. The molecule has 484 valence electrons. The highest BCUT2D eigenvalue weighted by atomic mass is 16.7. The molecule has 1 aliphatic heterocycles. The second-order valence-corrected chi connectivity index (χ2v) is 25.4. The summed E-state index contributed by atoms with van der Waals surface area (Å²) in [5.74, 6) is -0.184. The predicted octanol–water partition coefficient (Wildman–Crippen LogP) is 19.8. The van der Waals surface area contributed by atoms with E-state index in [1.165, 1.54) is 302 Å². The third kappa shape index (κ3) is 50.6. The van der Waals surface area contributed by atoms with E-state index in [0.717, 1.165) is 44.9 Å². The van der Waals surface area contributed by atoms with Crippen molar-refractivity contribution >= 4 is 5.91 Å². The molecule has 9 heteroatoms. The van der Waals surface area contributed by atoms with Gasteiger partial charge in [0.2, 0.25) is 5.91 Å². The lowest BCUT2D eigenvalue weighted by atomic mass is 9.99. The lowest BCUT2D eigenvalue weighted by Gasteiger charge is -2.40. The Kier molecular flexibility index (Phi) is 59.7. The number of amides is 1.